The zero-order valence-electron chi connectivity index (χ0n) is 27.8. The summed E-state index contributed by atoms with van der Waals surface area (Å²) in [5, 5.41) is 17.5. The maximum atomic E-state index is 14.3. The zero-order chi connectivity index (χ0) is 32.9. The smallest absolute Gasteiger partial charge is 0.318 e. The Balaban J connectivity index is 1.55. The van der Waals surface area contributed by atoms with Crippen molar-refractivity contribution in [1.29, 1.82) is 0 Å². The SMILES string of the molecule is CC(C)CCC(O)C(CC1CCCCC1)NC(=O)[C@H](Cc1cnc[nH]1)N(C)C(=O)[C@H](Cc1ccccc1)NC(=O)N1CCOCC1. The van der Waals surface area contributed by atoms with E-state index in [-0.39, 0.29) is 30.7 Å². The van der Waals surface area contributed by atoms with E-state index in [0.717, 1.165) is 24.8 Å². The molecular weight excluding hydrogens is 584 g/mol. The topological polar surface area (TPSA) is 140 Å². The van der Waals surface area contributed by atoms with E-state index < -0.39 is 24.2 Å². The predicted octanol–water partition coefficient (Wildman–Crippen LogP) is 3.68. The first-order valence-electron chi connectivity index (χ1n) is 17.1. The van der Waals surface area contributed by atoms with E-state index in [4.69, 9.17) is 4.74 Å². The Labute approximate surface area is 273 Å². The lowest BCUT2D eigenvalue weighted by Gasteiger charge is -2.35. The van der Waals surface area contributed by atoms with Crippen molar-refractivity contribution in [3.63, 3.8) is 0 Å². The van der Waals surface area contributed by atoms with E-state index in [1.54, 1.807) is 24.5 Å². The number of aliphatic hydroxyl groups excluding tert-OH is 1. The van der Waals surface area contributed by atoms with Crippen LogP contribution >= 0.6 is 0 Å². The van der Waals surface area contributed by atoms with Crippen molar-refractivity contribution in [1.82, 2.24) is 30.4 Å². The number of aromatic amines is 1. The molecule has 4 N–H and O–H groups in total. The van der Waals surface area contributed by atoms with Crippen LogP contribution in [0, 0.1) is 11.8 Å². The lowest BCUT2D eigenvalue weighted by Crippen LogP contribution is -2.59. The molecule has 2 fully saturated rings. The predicted molar refractivity (Wildman–Crippen MR) is 177 cm³/mol. The Morgan fingerprint density at radius 1 is 1.04 bits per heavy atom. The second-order valence-corrected chi connectivity index (χ2v) is 13.4. The fraction of sp³-hybridized carbons (Fsp3) is 0.657. The number of urea groups is 1. The molecule has 0 spiro atoms. The van der Waals surface area contributed by atoms with E-state index in [2.05, 4.69) is 34.4 Å². The van der Waals surface area contributed by atoms with Gasteiger partial charge in [-0.3, -0.25) is 9.59 Å². The molecule has 1 aromatic carbocycles. The molecule has 46 heavy (non-hydrogen) atoms. The van der Waals surface area contributed by atoms with Crippen molar-refractivity contribution < 1.29 is 24.2 Å². The highest BCUT2D eigenvalue weighted by molar-refractivity contribution is 5.92. The number of likely N-dealkylation sites (N-methyl/N-ethyl adjacent to an activating group) is 1. The van der Waals surface area contributed by atoms with E-state index in [1.165, 1.54) is 24.2 Å². The highest BCUT2D eigenvalue weighted by Crippen LogP contribution is 2.29. The van der Waals surface area contributed by atoms with Crippen LogP contribution in [0.15, 0.2) is 42.9 Å². The fourth-order valence-electron chi connectivity index (χ4n) is 6.54. The van der Waals surface area contributed by atoms with Crippen LogP contribution in [-0.2, 0) is 27.2 Å². The van der Waals surface area contributed by atoms with E-state index in [9.17, 15) is 19.5 Å². The highest BCUT2D eigenvalue weighted by atomic mass is 16.5. The Morgan fingerprint density at radius 2 is 1.76 bits per heavy atom. The first-order chi connectivity index (χ1) is 22.2. The van der Waals surface area contributed by atoms with Crippen molar-refractivity contribution in [3.8, 4) is 0 Å². The number of morpholine rings is 1. The molecule has 1 aromatic heterocycles. The van der Waals surface area contributed by atoms with Crippen LogP contribution in [0.2, 0.25) is 0 Å². The van der Waals surface area contributed by atoms with Crippen LogP contribution in [0.4, 0.5) is 4.79 Å². The molecule has 1 aliphatic heterocycles. The molecule has 4 atom stereocenters. The Hall–Kier alpha value is -3.44. The minimum absolute atomic E-state index is 0.210. The molecule has 2 aliphatic rings. The third kappa shape index (κ3) is 10.8. The van der Waals surface area contributed by atoms with Crippen molar-refractivity contribution >= 4 is 17.8 Å². The number of hydrogen-bond donors (Lipinski definition) is 4. The Morgan fingerprint density at radius 3 is 2.41 bits per heavy atom. The number of hydrogen-bond acceptors (Lipinski definition) is 6. The number of benzene rings is 1. The van der Waals surface area contributed by atoms with Crippen LogP contribution in [0.1, 0.15) is 76.5 Å². The van der Waals surface area contributed by atoms with E-state index in [0.29, 0.717) is 56.7 Å². The molecule has 4 amide bonds. The van der Waals surface area contributed by atoms with Crippen LogP contribution in [0.3, 0.4) is 0 Å². The van der Waals surface area contributed by atoms with Gasteiger partial charge in [-0.1, -0.05) is 76.3 Å². The molecule has 254 valence electrons. The molecule has 11 nitrogen and oxygen atoms in total. The number of imidazole rings is 1. The van der Waals surface area contributed by atoms with Crippen molar-refractivity contribution in [2.24, 2.45) is 11.8 Å². The lowest BCUT2D eigenvalue weighted by molar-refractivity contribution is -0.141. The summed E-state index contributed by atoms with van der Waals surface area (Å²) < 4.78 is 5.40. The third-order valence-corrected chi connectivity index (χ3v) is 9.41. The van der Waals surface area contributed by atoms with Gasteiger partial charge in [0.1, 0.15) is 12.1 Å². The van der Waals surface area contributed by atoms with Gasteiger partial charge in [-0.25, -0.2) is 9.78 Å². The van der Waals surface area contributed by atoms with Gasteiger partial charge < -0.3 is 35.3 Å². The summed E-state index contributed by atoms with van der Waals surface area (Å²) in [6, 6.07) is 7.01. The third-order valence-electron chi connectivity index (χ3n) is 9.41. The minimum Gasteiger partial charge on any atom is -0.391 e. The highest BCUT2D eigenvalue weighted by Gasteiger charge is 2.36. The van der Waals surface area contributed by atoms with Crippen molar-refractivity contribution in [3.05, 3.63) is 54.1 Å². The van der Waals surface area contributed by atoms with Crippen LogP contribution in [0.5, 0.6) is 0 Å². The summed E-state index contributed by atoms with van der Waals surface area (Å²) in [5.41, 5.74) is 1.60. The van der Waals surface area contributed by atoms with Gasteiger partial charge in [0.2, 0.25) is 11.8 Å². The number of carbonyl (C=O) groups is 3. The number of ether oxygens (including phenoxy) is 1. The van der Waals surface area contributed by atoms with Gasteiger partial charge in [-0.2, -0.15) is 0 Å². The van der Waals surface area contributed by atoms with Gasteiger partial charge >= 0.3 is 6.03 Å². The molecule has 0 radical (unpaired) electrons. The summed E-state index contributed by atoms with van der Waals surface area (Å²) in [6.45, 7) is 6.04. The van der Waals surface area contributed by atoms with Crippen LogP contribution < -0.4 is 10.6 Å². The van der Waals surface area contributed by atoms with Gasteiger partial charge in [0.15, 0.2) is 0 Å². The van der Waals surface area contributed by atoms with Crippen molar-refractivity contribution in [2.75, 3.05) is 33.4 Å². The summed E-state index contributed by atoms with van der Waals surface area (Å²) >= 11 is 0. The largest absolute Gasteiger partial charge is 0.391 e. The average Bonchev–Trinajstić information content (AvgIpc) is 3.59. The van der Waals surface area contributed by atoms with E-state index >= 15 is 0 Å². The van der Waals surface area contributed by atoms with Gasteiger partial charge in [0.25, 0.3) is 0 Å². The Kier molecular flexibility index (Phi) is 13.9. The number of nitrogens with zero attached hydrogens (tertiary/aromatic N) is 3. The number of aromatic nitrogens is 2. The number of carbonyl (C=O) groups excluding carboxylic acids is 3. The molecule has 2 aromatic rings. The number of nitrogens with one attached hydrogen (secondary N) is 3. The standard InChI is InChI=1S/C35H54N6O5/c1-25(2)14-15-32(42)29(20-26-10-6-4-7-11-26)38-33(43)31(22-28-23-36-24-37-28)40(3)34(44)30(21-27-12-8-5-9-13-27)39-35(45)41-16-18-46-19-17-41/h5,8-9,12-13,23-26,29-32,42H,4,6-7,10-11,14-22H2,1-3H3,(H,36,37)(H,38,43)(H,39,45)/t29?,30-,31-,32?/m0/s1. The first-order valence-corrected chi connectivity index (χ1v) is 17.1. The van der Waals surface area contributed by atoms with Gasteiger partial charge in [0, 0.05) is 44.9 Å². The maximum Gasteiger partial charge on any atom is 0.318 e. The quantitative estimate of drug-likeness (QED) is 0.235. The molecule has 2 heterocycles. The molecule has 1 saturated carbocycles. The molecule has 1 saturated heterocycles. The van der Waals surface area contributed by atoms with Gasteiger partial charge in [-0.05, 0) is 36.7 Å². The molecule has 11 heteroatoms. The van der Waals surface area contributed by atoms with E-state index in [1.807, 2.05) is 30.3 Å². The summed E-state index contributed by atoms with van der Waals surface area (Å²) in [7, 11) is 1.62. The average molecular weight is 639 g/mol. The van der Waals surface area contributed by atoms with Crippen molar-refractivity contribution in [2.45, 2.75) is 102 Å². The molecule has 0 bridgehead atoms. The monoisotopic (exact) mass is 638 g/mol. The number of aliphatic hydroxyl groups is 1. The summed E-state index contributed by atoms with van der Waals surface area (Å²) in [6.07, 6.45) is 11.0. The number of H-pyrrole nitrogens is 1. The molecule has 2 unspecified atom stereocenters. The second-order valence-electron chi connectivity index (χ2n) is 13.4. The Bertz CT molecular complexity index is 1200. The molecule has 4 rings (SSSR count). The minimum atomic E-state index is -0.894. The van der Waals surface area contributed by atoms with Crippen LogP contribution in [-0.4, -0.2) is 100 Å². The second kappa shape index (κ2) is 18.0. The summed E-state index contributed by atoms with van der Waals surface area (Å²) in [4.78, 5) is 52.0. The van der Waals surface area contributed by atoms with Gasteiger partial charge in [0.05, 0.1) is 31.7 Å². The molecular formula is C35H54N6O5. The lowest BCUT2D eigenvalue weighted by atomic mass is 9.83. The normalized spacial score (nSPS) is 18.4. The number of amides is 4. The number of rotatable bonds is 15. The first kappa shape index (κ1) is 35.4. The fourth-order valence-corrected chi connectivity index (χ4v) is 6.54. The maximum absolute atomic E-state index is 14.3. The molecule has 1 aliphatic carbocycles. The van der Waals surface area contributed by atoms with Crippen LogP contribution in [0.25, 0.3) is 0 Å². The zero-order valence-corrected chi connectivity index (χ0v) is 27.8. The van der Waals surface area contributed by atoms with Gasteiger partial charge in [-0.15, -0.1) is 0 Å². The summed E-state index contributed by atoms with van der Waals surface area (Å²) in [5.74, 6) is 0.192.